The van der Waals surface area contributed by atoms with Crippen molar-refractivity contribution in [3.05, 3.63) is 72.7 Å². The minimum atomic E-state index is -3.24. The van der Waals surface area contributed by atoms with Crippen LogP contribution in [0.15, 0.2) is 71.8 Å². The van der Waals surface area contributed by atoms with Gasteiger partial charge < -0.3 is 10.3 Å². The van der Waals surface area contributed by atoms with Crippen molar-refractivity contribution in [2.24, 2.45) is 0 Å². The molecule has 0 fully saturated rings. The number of halogens is 1. The Morgan fingerprint density at radius 3 is 2.52 bits per heavy atom. The van der Waals surface area contributed by atoms with E-state index in [-0.39, 0.29) is 10.7 Å². The molecule has 0 atom stereocenters. The summed E-state index contributed by atoms with van der Waals surface area (Å²) in [7, 11) is -3.24. The maximum atomic E-state index is 13.5. The molecule has 2 aromatic heterocycles. The molecule has 0 amide bonds. The molecule has 4 rings (SSSR count). The molecule has 0 unspecified atom stereocenters. The summed E-state index contributed by atoms with van der Waals surface area (Å²) in [6.45, 7) is 0. The van der Waals surface area contributed by atoms with Gasteiger partial charge in [0.1, 0.15) is 11.6 Å². The standard InChI is InChI=1S/C20H16FN3O2S/c1-27(25,26)16-7-5-15(6-8-16)23-20-17-12-19(24-18(17)9-10-22-20)13-3-2-4-14(21)11-13/h2-12,24H,1H3,(H,22,23). The number of hydrogen-bond acceptors (Lipinski definition) is 4. The van der Waals surface area contributed by atoms with Gasteiger partial charge in [0.15, 0.2) is 9.84 Å². The number of hydrogen-bond donors (Lipinski definition) is 2. The van der Waals surface area contributed by atoms with E-state index < -0.39 is 9.84 Å². The van der Waals surface area contributed by atoms with Crippen LogP contribution < -0.4 is 5.32 Å². The van der Waals surface area contributed by atoms with Crippen molar-refractivity contribution in [2.75, 3.05) is 11.6 Å². The second-order valence-corrected chi connectivity index (χ2v) is 8.25. The highest BCUT2D eigenvalue weighted by atomic mass is 32.2. The van der Waals surface area contributed by atoms with Crippen molar-refractivity contribution in [2.45, 2.75) is 4.90 Å². The molecule has 0 spiro atoms. The van der Waals surface area contributed by atoms with Gasteiger partial charge in [0, 0.05) is 34.8 Å². The fourth-order valence-electron chi connectivity index (χ4n) is 2.89. The van der Waals surface area contributed by atoms with E-state index in [4.69, 9.17) is 0 Å². The van der Waals surface area contributed by atoms with Gasteiger partial charge in [-0.2, -0.15) is 0 Å². The molecular weight excluding hydrogens is 365 g/mol. The highest BCUT2D eigenvalue weighted by molar-refractivity contribution is 7.90. The molecule has 2 N–H and O–H groups in total. The molecule has 0 aliphatic carbocycles. The second kappa shape index (κ2) is 6.51. The Morgan fingerprint density at radius 2 is 1.81 bits per heavy atom. The molecule has 0 aliphatic rings. The van der Waals surface area contributed by atoms with E-state index in [1.54, 1.807) is 36.5 Å². The summed E-state index contributed by atoms with van der Waals surface area (Å²) in [5.41, 5.74) is 3.11. The van der Waals surface area contributed by atoms with Gasteiger partial charge in [-0.15, -0.1) is 0 Å². The van der Waals surface area contributed by atoms with Crippen LogP contribution in [0.1, 0.15) is 0 Å². The van der Waals surface area contributed by atoms with Crippen LogP contribution in [0.3, 0.4) is 0 Å². The number of sulfone groups is 1. The molecule has 7 heteroatoms. The number of fused-ring (bicyclic) bond motifs is 1. The van der Waals surface area contributed by atoms with E-state index in [0.29, 0.717) is 5.82 Å². The van der Waals surface area contributed by atoms with E-state index in [2.05, 4.69) is 15.3 Å². The Labute approximate surface area is 155 Å². The minimum Gasteiger partial charge on any atom is -0.354 e. The third-order valence-electron chi connectivity index (χ3n) is 4.23. The SMILES string of the molecule is CS(=O)(=O)c1ccc(Nc2nccc3[nH]c(-c4cccc(F)c4)cc23)cc1. The number of aromatic amines is 1. The third kappa shape index (κ3) is 3.54. The smallest absolute Gasteiger partial charge is 0.175 e. The number of nitrogens with one attached hydrogen (secondary N) is 2. The monoisotopic (exact) mass is 381 g/mol. The molecule has 0 saturated carbocycles. The van der Waals surface area contributed by atoms with Gasteiger partial charge in [-0.1, -0.05) is 12.1 Å². The highest BCUT2D eigenvalue weighted by Gasteiger charge is 2.10. The number of aromatic nitrogens is 2. The summed E-state index contributed by atoms with van der Waals surface area (Å²) < 4.78 is 36.7. The average Bonchev–Trinajstić information content (AvgIpc) is 3.07. The zero-order chi connectivity index (χ0) is 19.0. The molecule has 136 valence electrons. The van der Waals surface area contributed by atoms with E-state index >= 15 is 0 Å². The van der Waals surface area contributed by atoms with Gasteiger partial charge in [-0.3, -0.25) is 0 Å². The van der Waals surface area contributed by atoms with Gasteiger partial charge in [0.2, 0.25) is 0 Å². The number of benzene rings is 2. The lowest BCUT2D eigenvalue weighted by Gasteiger charge is -2.07. The van der Waals surface area contributed by atoms with Gasteiger partial charge in [0.05, 0.1) is 10.4 Å². The lowest BCUT2D eigenvalue weighted by molar-refractivity contribution is 0.602. The first-order valence-corrected chi connectivity index (χ1v) is 10.1. The Bertz CT molecular complexity index is 1230. The van der Waals surface area contributed by atoms with Gasteiger partial charge in [0.25, 0.3) is 0 Å². The van der Waals surface area contributed by atoms with Crippen LogP contribution in [0.5, 0.6) is 0 Å². The molecule has 27 heavy (non-hydrogen) atoms. The van der Waals surface area contributed by atoms with Gasteiger partial charge >= 0.3 is 0 Å². The van der Waals surface area contributed by atoms with Crippen molar-refractivity contribution in [1.29, 1.82) is 0 Å². The number of H-pyrrole nitrogens is 1. The van der Waals surface area contributed by atoms with Crippen LogP contribution in [-0.4, -0.2) is 24.6 Å². The van der Waals surface area contributed by atoms with Crippen LogP contribution in [0, 0.1) is 5.82 Å². The minimum absolute atomic E-state index is 0.259. The Balaban J connectivity index is 1.70. The van der Waals surface area contributed by atoms with Crippen molar-refractivity contribution >= 4 is 32.2 Å². The zero-order valence-corrected chi connectivity index (χ0v) is 15.2. The normalized spacial score (nSPS) is 11.6. The predicted octanol–water partition coefficient (Wildman–Crippen LogP) is 4.52. The second-order valence-electron chi connectivity index (χ2n) is 6.24. The zero-order valence-electron chi connectivity index (χ0n) is 14.4. The van der Waals surface area contributed by atoms with Crippen molar-refractivity contribution in [3.63, 3.8) is 0 Å². The molecule has 2 aromatic carbocycles. The van der Waals surface area contributed by atoms with Gasteiger partial charge in [-0.05, 0) is 48.5 Å². The summed E-state index contributed by atoms with van der Waals surface area (Å²) in [5, 5.41) is 4.05. The van der Waals surface area contributed by atoms with Crippen LogP contribution in [0.2, 0.25) is 0 Å². The third-order valence-corrected chi connectivity index (χ3v) is 5.36. The quantitative estimate of drug-likeness (QED) is 0.545. The van der Waals surface area contributed by atoms with Crippen molar-refractivity contribution in [3.8, 4) is 11.3 Å². The van der Waals surface area contributed by atoms with E-state index in [0.717, 1.165) is 27.8 Å². The van der Waals surface area contributed by atoms with E-state index in [1.165, 1.54) is 18.4 Å². The van der Waals surface area contributed by atoms with E-state index in [9.17, 15) is 12.8 Å². The molecule has 0 saturated heterocycles. The lowest BCUT2D eigenvalue weighted by Crippen LogP contribution is -1.98. The first-order valence-electron chi connectivity index (χ1n) is 8.21. The summed E-state index contributed by atoms with van der Waals surface area (Å²) in [5.74, 6) is 0.326. The largest absolute Gasteiger partial charge is 0.354 e. The average molecular weight is 381 g/mol. The first kappa shape index (κ1) is 17.2. The fraction of sp³-hybridized carbons (Fsp3) is 0.0500. The molecule has 5 nitrogen and oxygen atoms in total. The molecule has 0 radical (unpaired) electrons. The maximum Gasteiger partial charge on any atom is 0.175 e. The molecule has 0 aliphatic heterocycles. The van der Waals surface area contributed by atoms with Crippen molar-refractivity contribution < 1.29 is 12.8 Å². The van der Waals surface area contributed by atoms with Crippen LogP contribution in [0.4, 0.5) is 15.9 Å². The summed E-state index contributed by atoms with van der Waals surface area (Å²) in [4.78, 5) is 7.90. The maximum absolute atomic E-state index is 13.5. The van der Waals surface area contributed by atoms with Crippen LogP contribution >= 0.6 is 0 Å². The number of anilines is 2. The summed E-state index contributed by atoms with van der Waals surface area (Å²) >= 11 is 0. The topological polar surface area (TPSA) is 74.8 Å². The van der Waals surface area contributed by atoms with E-state index in [1.807, 2.05) is 18.2 Å². The first-order chi connectivity index (χ1) is 12.9. The summed E-state index contributed by atoms with van der Waals surface area (Å²) in [6.07, 6.45) is 2.84. The fourth-order valence-corrected chi connectivity index (χ4v) is 3.52. The molecular formula is C20H16FN3O2S. The molecule has 2 heterocycles. The Hall–Kier alpha value is -3.19. The van der Waals surface area contributed by atoms with Crippen molar-refractivity contribution in [1.82, 2.24) is 9.97 Å². The Morgan fingerprint density at radius 1 is 1.04 bits per heavy atom. The van der Waals surface area contributed by atoms with Gasteiger partial charge in [-0.25, -0.2) is 17.8 Å². The molecule has 4 aromatic rings. The number of pyridine rings is 1. The molecule has 0 bridgehead atoms. The van der Waals surface area contributed by atoms with Crippen LogP contribution in [-0.2, 0) is 9.84 Å². The van der Waals surface area contributed by atoms with Crippen LogP contribution in [0.25, 0.3) is 22.2 Å². The predicted molar refractivity (Wildman–Crippen MR) is 104 cm³/mol. The summed E-state index contributed by atoms with van der Waals surface area (Å²) in [6, 6.07) is 16.6. The number of rotatable bonds is 4. The lowest BCUT2D eigenvalue weighted by atomic mass is 10.1. The highest BCUT2D eigenvalue weighted by Crippen LogP contribution is 2.30. The number of nitrogens with zero attached hydrogens (tertiary/aromatic N) is 1. The Kier molecular flexibility index (Phi) is 4.16.